The fraction of sp³-hybridized carbons (Fsp3) is 0.556. The number of rotatable bonds is 6. The molecule has 1 aliphatic carbocycles. The van der Waals surface area contributed by atoms with Crippen molar-refractivity contribution in [3.8, 4) is 5.75 Å². The number of hydrogen-bond acceptors (Lipinski definition) is 3. The lowest BCUT2D eigenvalue weighted by atomic mass is 9.86. The number of benzene rings is 1. The van der Waals surface area contributed by atoms with Crippen LogP contribution in [0.1, 0.15) is 36.8 Å². The number of carboxylic acids is 1. The number of carbonyl (C=O) groups is 2. The topological polar surface area (TPSA) is 87.7 Å². The normalized spacial score (nSPS) is 20.0. The van der Waals surface area contributed by atoms with Crippen molar-refractivity contribution in [2.75, 3.05) is 6.61 Å². The molecule has 0 bridgehead atoms. The maximum atomic E-state index is 12.4. The van der Waals surface area contributed by atoms with Gasteiger partial charge >= 0.3 is 18.2 Å². The molecule has 0 aliphatic heterocycles. The summed E-state index contributed by atoms with van der Waals surface area (Å²) in [6.45, 7) is 0.351. The van der Waals surface area contributed by atoms with Crippen LogP contribution in [-0.2, 0) is 11.3 Å². The van der Waals surface area contributed by atoms with Crippen LogP contribution in [0.5, 0.6) is 5.75 Å². The molecule has 1 saturated carbocycles. The van der Waals surface area contributed by atoms with Crippen LogP contribution < -0.4 is 15.4 Å². The lowest BCUT2D eigenvalue weighted by Crippen LogP contribution is -2.43. The van der Waals surface area contributed by atoms with Gasteiger partial charge in [-0.1, -0.05) is 12.1 Å². The summed E-state index contributed by atoms with van der Waals surface area (Å²) in [6, 6.07) is 4.27. The summed E-state index contributed by atoms with van der Waals surface area (Å²) in [5.74, 6) is -1.11. The maximum absolute atomic E-state index is 12.4. The number of carbonyl (C=O) groups excluding carboxylic acids is 1. The van der Waals surface area contributed by atoms with Crippen molar-refractivity contribution in [2.45, 2.75) is 51.4 Å². The molecule has 1 aliphatic rings. The van der Waals surface area contributed by atoms with E-state index in [9.17, 15) is 22.8 Å². The molecule has 1 aromatic rings. The van der Waals surface area contributed by atoms with Gasteiger partial charge in [-0.25, -0.2) is 4.79 Å². The number of ether oxygens (including phenoxy) is 1. The van der Waals surface area contributed by atoms with Gasteiger partial charge in [-0.15, -0.1) is 0 Å². The van der Waals surface area contributed by atoms with Crippen LogP contribution in [0.15, 0.2) is 18.2 Å². The minimum absolute atomic E-state index is 0.0176. The summed E-state index contributed by atoms with van der Waals surface area (Å²) in [5, 5.41) is 14.4. The average Bonchev–Trinajstić information content (AvgIpc) is 2.59. The Morgan fingerprint density at radius 1 is 1.22 bits per heavy atom. The van der Waals surface area contributed by atoms with E-state index in [0.29, 0.717) is 31.2 Å². The summed E-state index contributed by atoms with van der Waals surface area (Å²) in [5.41, 5.74) is 1.19. The number of halogens is 3. The predicted octanol–water partition coefficient (Wildman–Crippen LogP) is 3.38. The summed E-state index contributed by atoms with van der Waals surface area (Å²) in [6.07, 6.45) is -2.27. The number of hydrogen-bond donors (Lipinski definition) is 3. The molecule has 0 radical (unpaired) electrons. The highest BCUT2D eigenvalue weighted by Crippen LogP contribution is 2.25. The van der Waals surface area contributed by atoms with E-state index in [1.807, 2.05) is 0 Å². The molecular formula is C18H23F3N2O4. The quantitative estimate of drug-likeness (QED) is 0.697. The van der Waals surface area contributed by atoms with E-state index >= 15 is 0 Å². The van der Waals surface area contributed by atoms with Gasteiger partial charge in [0.2, 0.25) is 0 Å². The zero-order valence-electron chi connectivity index (χ0n) is 14.9. The predicted molar refractivity (Wildman–Crippen MR) is 91.5 cm³/mol. The second-order valence-corrected chi connectivity index (χ2v) is 6.73. The van der Waals surface area contributed by atoms with Crippen molar-refractivity contribution in [1.29, 1.82) is 0 Å². The monoisotopic (exact) mass is 388 g/mol. The first-order chi connectivity index (χ1) is 12.6. The Bertz CT molecular complexity index is 671. The van der Waals surface area contributed by atoms with Gasteiger partial charge in [0.05, 0.1) is 5.92 Å². The fourth-order valence-corrected chi connectivity index (χ4v) is 3.00. The number of nitrogens with one attached hydrogen (secondary N) is 2. The van der Waals surface area contributed by atoms with E-state index in [4.69, 9.17) is 9.84 Å². The Kier molecular flexibility index (Phi) is 6.92. The number of carboxylic acid groups (broad SMARTS) is 1. The lowest BCUT2D eigenvalue weighted by molar-refractivity contribution is -0.153. The number of urea groups is 1. The molecule has 1 fully saturated rings. The number of aryl methyl sites for hydroxylation is 1. The standard InChI is InChI=1S/C18H23F3N2O4/c1-11-2-3-13(15(8-11)27-10-18(19,20)21)9-22-17(26)23-14-6-4-12(5-7-14)16(24)25/h2-3,8,12,14H,4-7,9-10H2,1H3,(H,24,25)(H2,22,23,26). The molecule has 27 heavy (non-hydrogen) atoms. The van der Waals surface area contributed by atoms with E-state index in [1.165, 1.54) is 6.07 Å². The van der Waals surface area contributed by atoms with Crippen molar-refractivity contribution < 1.29 is 32.6 Å². The molecule has 6 nitrogen and oxygen atoms in total. The van der Waals surface area contributed by atoms with E-state index in [-0.39, 0.29) is 24.3 Å². The third-order valence-electron chi connectivity index (χ3n) is 4.47. The molecule has 150 valence electrons. The van der Waals surface area contributed by atoms with E-state index in [0.717, 1.165) is 5.56 Å². The molecule has 2 rings (SSSR count). The number of aliphatic carboxylic acids is 1. The van der Waals surface area contributed by atoms with Crippen molar-refractivity contribution in [2.24, 2.45) is 5.92 Å². The van der Waals surface area contributed by atoms with Crippen LogP contribution in [0, 0.1) is 12.8 Å². The van der Waals surface area contributed by atoms with Crippen LogP contribution in [-0.4, -0.2) is 35.9 Å². The highest BCUT2D eigenvalue weighted by molar-refractivity contribution is 5.74. The fourth-order valence-electron chi connectivity index (χ4n) is 3.00. The molecule has 2 amide bonds. The van der Waals surface area contributed by atoms with Crippen molar-refractivity contribution in [3.05, 3.63) is 29.3 Å². The van der Waals surface area contributed by atoms with Crippen molar-refractivity contribution in [3.63, 3.8) is 0 Å². The molecule has 3 N–H and O–H groups in total. The van der Waals surface area contributed by atoms with Gasteiger partial charge in [0.25, 0.3) is 0 Å². The first kappa shape index (κ1) is 20.9. The van der Waals surface area contributed by atoms with Gasteiger partial charge in [-0.2, -0.15) is 13.2 Å². The molecule has 1 aromatic carbocycles. The Hall–Kier alpha value is -2.45. The Labute approximate surface area is 155 Å². The highest BCUT2D eigenvalue weighted by Gasteiger charge is 2.29. The third-order valence-corrected chi connectivity index (χ3v) is 4.47. The van der Waals surface area contributed by atoms with Crippen molar-refractivity contribution in [1.82, 2.24) is 10.6 Å². The van der Waals surface area contributed by atoms with Gasteiger partial charge < -0.3 is 20.5 Å². The summed E-state index contributed by atoms with van der Waals surface area (Å²) < 4.78 is 42.0. The van der Waals surface area contributed by atoms with Crippen LogP contribution in [0.3, 0.4) is 0 Å². The smallest absolute Gasteiger partial charge is 0.422 e. The Morgan fingerprint density at radius 3 is 2.48 bits per heavy atom. The Balaban J connectivity index is 1.85. The van der Waals surface area contributed by atoms with Gasteiger partial charge in [0, 0.05) is 18.2 Å². The highest BCUT2D eigenvalue weighted by atomic mass is 19.4. The summed E-state index contributed by atoms with van der Waals surface area (Å²) in [7, 11) is 0. The second kappa shape index (κ2) is 8.96. The zero-order valence-corrected chi connectivity index (χ0v) is 14.9. The van der Waals surface area contributed by atoms with E-state index in [1.54, 1.807) is 19.1 Å². The maximum Gasteiger partial charge on any atom is 0.422 e. The largest absolute Gasteiger partial charge is 0.484 e. The molecule has 0 unspecified atom stereocenters. The van der Waals surface area contributed by atoms with E-state index < -0.39 is 24.8 Å². The average molecular weight is 388 g/mol. The second-order valence-electron chi connectivity index (χ2n) is 6.73. The minimum Gasteiger partial charge on any atom is -0.484 e. The number of alkyl halides is 3. The van der Waals surface area contributed by atoms with Crippen LogP contribution >= 0.6 is 0 Å². The molecular weight excluding hydrogens is 365 g/mol. The van der Waals surface area contributed by atoms with Crippen molar-refractivity contribution >= 4 is 12.0 Å². The minimum atomic E-state index is -4.44. The Morgan fingerprint density at radius 2 is 1.89 bits per heavy atom. The SMILES string of the molecule is Cc1ccc(CNC(=O)NC2CCC(C(=O)O)CC2)c(OCC(F)(F)F)c1. The van der Waals surface area contributed by atoms with Gasteiger partial charge in [0.1, 0.15) is 5.75 Å². The first-order valence-electron chi connectivity index (χ1n) is 8.70. The molecule has 0 heterocycles. The van der Waals surface area contributed by atoms with Crippen LogP contribution in [0.2, 0.25) is 0 Å². The molecule has 0 atom stereocenters. The zero-order chi connectivity index (χ0) is 20.0. The molecule has 9 heteroatoms. The molecule has 0 spiro atoms. The van der Waals surface area contributed by atoms with Gasteiger partial charge in [-0.3, -0.25) is 4.79 Å². The van der Waals surface area contributed by atoms with Gasteiger partial charge in [0.15, 0.2) is 6.61 Å². The number of amides is 2. The molecule has 0 aromatic heterocycles. The van der Waals surface area contributed by atoms with Crippen LogP contribution in [0.4, 0.5) is 18.0 Å². The van der Waals surface area contributed by atoms with Gasteiger partial charge in [-0.05, 0) is 44.2 Å². The van der Waals surface area contributed by atoms with E-state index in [2.05, 4.69) is 10.6 Å². The molecule has 0 saturated heterocycles. The summed E-state index contributed by atoms with van der Waals surface area (Å²) in [4.78, 5) is 23.0. The van der Waals surface area contributed by atoms with Crippen LogP contribution in [0.25, 0.3) is 0 Å². The summed E-state index contributed by atoms with van der Waals surface area (Å²) >= 11 is 0. The lowest BCUT2D eigenvalue weighted by Gasteiger charge is -2.26. The third kappa shape index (κ3) is 6.99. The first-order valence-corrected chi connectivity index (χ1v) is 8.70.